The summed E-state index contributed by atoms with van der Waals surface area (Å²) < 4.78 is 37.0. The fourth-order valence-electron chi connectivity index (χ4n) is 1.94. The molecule has 1 aromatic rings. The van der Waals surface area contributed by atoms with Crippen molar-refractivity contribution < 1.29 is 18.0 Å². The normalized spacial score (nSPS) is 20.1. The lowest BCUT2D eigenvalue weighted by atomic mass is 10.1. The predicted octanol–water partition coefficient (Wildman–Crippen LogP) is 1.58. The molecule has 0 bridgehead atoms. The average molecular weight is 273 g/mol. The molecule has 0 aliphatic carbocycles. The maximum Gasteiger partial charge on any atom is 0.433 e. The highest BCUT2D eigenvalue weighted by Gasteiger charge is 2.32. The van der Waals surface area contributed by atoms with Gasteiger partial charge in [-0.1, -0.05) is 0 Å². The van der Waals surface area contributed by atoms with Crippen LogP contribution in [0.5, 0.6) is 0 Å². The number of piperidine rings is 1. The van der Waals surface area contributed by atoms with Crippen molar-refractivity contribution in [1.29, 1.82) is 0 Å². The van der Waals surface area contributed by atoms with E-state index in [9.17, 15) is 18.0 Å². The fourth-order valence-corrected chi connectivity index (χ4v) is 1.94. The maximum atomic E-state index is 12.3. The van der Waals surface area contributed by atoms with E-state index in [-0.39, 0.29) is 11.6 Å². The van der Waals surface area contributed by atoms with Gasteiger partial charge in [0.15, 0.2) is 0 Å². The van der Waals surface area contributed by atoms with Gasteiger partial charge < -0.3 is 10.6 Å². The third kappa shape index (κ3) is 3.66. The molecule has 2 N–H and O–H groups in total. The molecule has 1 atom stereocenters. The highest BCUT2D eigenvalue weighted by Crippen LogP contribution is 2.27. The topological polar surface area (TPSA) is 54.0 Å². The highest BCUT2D eigenvalue weighted by molar-refractivity contribution is 5.94. The van der Waals surface area contributed by atoms with E-state index in [0.29, 0.717) is 6.54 Å². The Morgan fingerprint density at radius 3 is 2.74 bits per heavy atom. The molecule has 7 heteroatoms. The Morgan fingerprint density at radius 2 is 2.21 bits per heavy atom. The van der Waals surface area contributed by atoms with Crippen LogP contribution in [0.25, 0.3) is 0 Å². The molecule has 2 rings (SSSR count). The molecule has 1 amide bonds. The summed E-state index contributed by atoms with van der Waals surface area (Å²) in [4.78, 5) is 15.1. The standard InChI is InChI=1S/C12H14F3N3O/c13-12(14,15)10-4-3-8(6-17-10)11(19)18-9-2-1-5-16-7-9/h3-4,6,9,16H,1-2,5,7H2,(H,18,19). The first-order valence-corrected chi connectivity index (χ1v) is 6.01. The Bertz CT molecular complexity index is 439. The van der Waals surface area contributed by atoms with Gasteiger partial charge in [-0.2, -0.15) is 13.2 Å². The molecule has 0 saturated carbocycles. The number of nitrogens with zero attached hydrogens (tertiary/aromatic N) is 1. The first-order valence-electron chi connectivity index (χ1n) is 6.01. The van der Waals surface area contributed by atoms with Crippen LogP contribution in [0.1, 0.15) is 28.9 Å². The van der Waals surface area contributed by atoms with E-state index in [2.05, 4.69) is 15.6 Å². The van der Waals surface area contributed by atoms with Crippen molar-refractivity contribution >= 4 is 5.91 Å². The molecular weight excluding hydrogens is 259 g/mol. The molecule has 0 radical (unpaired) electrons. The van der Waals surface area contributed by atoms with Gasteiger partial charge in [0.05, 0.1) is 5.56 Å². The van der Waals surface area contributed by atoms with Gasteiger partial charge in [0.2, 0.25) is 0 Å². The molecule has 104 valence electrons. The fraction of sp³-hybridized carbons (Fsp3) is 0.500. The Hall–Kier alpha value is -1.63. The minimum Gasteiger partial charge on any atom is -0.348 e. The Balaban J connectivity index is 1.99. The van der Waals surface area contributed by atoms with Crippen molar-refractivity contribution in [3.63, 3.8) is 0 Å². The summed E-state index contributed by atoms with van der Waals surface area (Å²) in [6.07, 6.45) is -1.69. The van der Waals surface area contributed by atoms with Crippen LogP contribution in [0.2, 0.25) is 0 Å². The lowest BCUT2D eigenvalue weighted by molar-refractivity contribution is -0.141. The number of nitrogens with one attached hydrogen (secondary N) is 2. The van der Waals surface area contributed by atoms with Crippen molar-refractivity contribution in [3.8, 4) is 0 Å². The van der Waals surface area contributed by atoms with Crippen LogP contribution in [0, 0.1) is 0 Å². The van der Waals surface area contributed by atoms with E-state index < -0.39 is 17.8 Å². The zero-order valence-electron chi connectivity index (χ0n) is 10.1. The molecule has 1 unspecified atom stereocenters. The number of carbonyl (C=O) groups is 1. The second-order valence-electron chi connectivity index (χ2n) is 4.45. The van der Waals surface area contributed by atoms with Crippen molar-refractivity contribution in [2.24, 2.45) is 0 Å². The molecule has 1 aromatic heterocycles. The number of aromatic nitrogens is 1. The van der Waals surface area contributed by atoms with Crippen LogP contribution < -0.4 is 10.6 Å². The Kier molecular flexibility index (Phi) is 4.04. The number of pyridine rings is 1. The van der Waals surface area contributed by atoms with Crippen LogP contribution in [0.3, 0.4) is 0 Å². The number of carbonyl (C=O) groups excluding carboxylic acids is 1. The van der Waals surface area contributed by atoms with Crippen molar-refractivity contribution in [2.75, 3.05) is 13.1 Å². The van der Waals surface area contributed by atoms with Gasteiger partial charge in [-0.15, -0.1) is 0 Å². The summed E-state index contributed by atoms with van der Waals surface area (Å²) in [7, 11) is 0. The zero-order chi connectivity index (χ0) is 13.9. The summed E-state index contributed by atoms with van der Waals surface area (Å²) in [5, 5.41) is 5.91. The minimum absolute atomic E-state index is 0.0172. The smallest absolute Gasteiger partial charge is 0.348 e. The summed E-state index contributed by atoms with van der Waals surface area (Å²) in [5.41, 5.74) is -0.859. The van der Waals surface area contributed by atoms with Gasteiger partial charge in [0.25, 0.3) is 5.91 Å². The molecule has 19 heavy (non-hydrogen) atoms. The number of halogens is 3. The number of rotatable bonds is 2. The van der Waals surface area contributed by atoms with Crippen LogP contribution in [0.15, 0.2) is 18.3 Å². The summed E-state index contributed by atoms with van der Waals surface area (Å²) in [5.74, 6) is -0.394. The van der Waals surface area contributed by atoms with Crippen molar-refractivity contribution in [2.45, 2.75) is 25.1 Å². The molecule has 1 aliphatic heterocycles. The van der Waals surface area contributed by atoms with Gasteiger partial charge in [-0.3, -0.25) is 9.78 Å². The molecule has 2 heterocycles. The lowest BCUT2D eigenvalue weighted by Crippen LogP contribution is -2.45. The van der Waals surface area contributed by atoms with E-state index in [1.54, 1.807) is 0 Å². The van der Waals surface area contributed by atoms with Crippen LogP contribution in [0.4, 0.5) is 13.2 Å². The maximum absolute atomic E-state index is 12.3. The highest BCUT2D eigenvalue weighted by atomic mass is 19.4. The number of amides is 1. The third-order valence-corrected chi connectivity index (χ3v) is 2.95. The SMILES string of the molecule is O=C(NC1CCCNC1)c1ccc(C(F)(F)F)nc1. The monoisotopic (exact) mass is 273 g/mol. The molecular formula is C12H14F3N3O. The van der Waals surface area contributed by atoms with E-state index in [0.717, 1.165) is 37.7 Å². The third-order valence-electron chi connectivity index (χ3n) is 2.95. The molecule has 0 spiro atoms. The summed E-state index contributed by atoms with van der Waals surface area (Å²) >= 11 is 0. The summed E-state index contributed by atoms with van der Waals surface area (Å²) in [6.45, 7) is 1.61. The molecule has 4 nitrogen and oxygen atoms in total. The molecule has 0 aromatic carbocycles. The molecule has 1 aliphatic rings. The van der Waals surface area contributed by atoms with Crippen molar-refractivity contribution in [1.82, 2.24) is 15.6 Å². The van der Waals surface area contributed by atoms with Crippen LogP contribution in [-0.4, -0.2) is 30.0 Å². The second kappa shape index (κ2) is 5.56. The first-order chi connectivity index (χ1) is 8.97. The van der Waals surface area contributed by atoms with Gasteiger partial charge >= 0.3 is 6.18 Å². The minimum atomic E-state index is -4.48. The number of alkyl halides is 3. The van der Waals surface area contributed by atoms with Crippen LogP contribution in [-0.2, 0) is 6.18 Å². The average Bonchev–Trinajstić information content (AvgIpc) is 2.39. The van der Waals surface area contributed by atoms with E-state index in [4.69, 9.17) is 0 Å². The predicted molar refractivity (Wildman–Crippen MR) is 62.6 cm³/mol. The largest absolute Gasteiger partial charge is 0.433 e. The van der Waals surface area contributed by atoms with E-state index in [1.807, 2.05) is 0 Å². The van der Waals surface area contributed by atoms with Gasteiger partial charge in [0, 0.05) is 18.8 Å². The Labute approximate surface area is 108 Å². The lowest BCUT2D eigenvalue weighted by Gasteiger charge is -2.23. The van der Waals surface area contributed by atoms with E-state index >= 15 is 0 Å². The van der Waals surface area contributed by atoms with Crippen LogP contribution >= 0.6 is 0 Å². The van der Waals surface area contributed by atoms with Crippen molar-refractivity contribution in [3.05, 3.63) is 29.6 Å². The second-order valence-corrected chi connectivity index (χ2v) is 4.45. The van der Waals surface area contributed by atoms with E-state index in [1.165, 1.54) is 0 Å². The molecule has 1 saturated heterocycles. The quantitative estimate of drug-likeness (QED) is 0.860. The molecule has 1 fully saturated rings. The first kappa shape index (κ1) is 13.8. The number of hydrogen-bond acceptors (Lipinski definition) is 3. The zero-order valence-corrected chi connectivity index (χ0v) is 10.1. The summed E-state index contributed by atoms with van der Waals surface area (Å²) in [6, 6.07) is 1.97. The van der Waals surface area contributed by atoms with Gasteiger partial charge in [-0.05, 0) is 31.5 Å². The van der Waals surface area contributed by atoms with Gasteiger partial charge in [0.1, 0.15) is 5.69 Å². The Morgan fingerprint density at radius 1 is 1.42 bits per heavy atom. The number of hydrogen-bond donors (Lipinski definition) is 2. The van der Waals surface area contributed by atoms with Gasteiger partial charge in [-0.25, -0.2) is 0 Å².